The second-order valence-corrected chi connectivity index (χ2v) is 25.4. The largest absolute Gasteiger partial charge is 6.00 e. The Morgan fingerprint density at radius 3 is 0.261 bits per heavy atom. The van der Waals surface area contributed by atoms with Gasteiger partial charge in [-0.25, -0.2) is 0 Å². The van der Waals surface area contributed by atoms with Crippen LogP contribution in [0.3, 0.4) is 0 Å². The zero-order valence-electron chi connectivity index (χ0n) is 21.6. The van der Waals surface area contributed by atoms with Crippen LogP contribution in [0.5, 0.6) is 0 Å². The summed E-state index contributed by atoms with van der Waals surface area (Å²) in [5, 5.41) is 75.0. The fraction of sp³-hybridized carbons (Fsp3) is 0. The second-order valence-electron chi connectivity index (χ2n) is 0.606. The van der Waals surface area contributed by atoms with Crippen molar-refractivity contribution in [2.75, 3.05) is 0 Å². The van der Waals surface area contributed by atoms with Gasteiger partial charge in [0.05, 0.1) is 0 Å². The van der Waals surface area contributed by atoms with Gasteiger partial charge in [0.2, 0.25) is 0 Å². The van der Waals surface area contributed by atoms with E-state index in [1.54, 1.807) is 0 Å². The van der Waals surface area contributed by atoms with E-state index in [0.29, 0.717) is 0 Å². The number of hydrogen-bond acceptors (Lipinski definition) is 12. The van der Waals surface area contributed by atoms with Gasteiger partial charge < -0.3 is 142 Å². The quantitative estimate of drug-likeness (QED) is 0.162. The molecular weight excluding hydrogens is 1350 g/mol. The third kappa shape index (κ3) is 9960. The predicted molar refractivity (Wildman–Crippen MR) is 130 cm³/mol. The summed E-state index contributed by atoms with van der Waals surface area (Å²) in [7, 11) is 59.0. The van der Waals surface area contributed by atoms with Crippen LogP contribution in [0.2, 0.25) is 0 Å². The molecule has 0 rings (SSSR count). The van der Waals surface area contributed by atoms with Gasteiger partial charge in [-0.1, -0.05) is 0 Å². The van der Waals surface area contributed by atoms with E-state index in [1.165, 1.54) is 0 Å². The van der Waals surface area contributed by atoms with E-state index >= 15 is 0 Å². The molecule has 0 amide bonds. The molecule has 0 heterocycles. The van der Waals surface area contributed by atoms with E-state index in [4.69, 9.17) is 261 Å². The maximum atomic E-state index is 6.25. The van der Waals surface area contributed by atoms with Gasteiger partial charge in [0.15, 0.2) is 0 Å². The van der Waals surface area contributed by atoms with Crippen LogP contribution >= 0.6 is 119 Å². The minimum absolute atomic E-state index is 0. The van der Waals surface area contributed by atoms with Crippen molar-refractivity contribution in [3.05, 3.63) is 78.9 Å². The van der Waals surface area contributed by atoms with E-state index in [2.05, 4.69) is 0 Å². The first-order chi connectivity index (χ1) is 19.7. The molecule has 0 radical (unpaired) electrons. The first-order valence-corrected chi connectivity index (χ1v) is 37.6. The van der Waals surface area contributed by atoms with Crippen LogP contribution < -0.4 is 0 Å². The molecule has 0 aromatic heterocycles. The Hall–Kier alpha value is 3.18. The molecule has 0 spiro atoms. The summed E-state index contributed by atoms with van der Waals surface area (Å²) >= 11 is -5.46. The molecule has 236 valence electrons. The zero-order chi connectivity index (χ0) is 39.3. The zero-order valence-corrected chi connectivity index (χ0v) is 52.8. The summed E-state index contributed by atoms with van der Waals surface area (Å²) in [6.45, 7) is 57.0. The molecule has 0 aliphatic rings. The van der Waals surface area contributed by atoms with Gasteiger partial charge in [0.25, 0.3) is 0 Å². The molecular formula is C12Cl12Fe4N12Zn6. The summed E-state index contributed by atoms with van der Waals surface area (Å²) in [6, 6.07) is 0. The Balaban J connectivity index is -0.00000000666. The predicted octanol–water partition coefficient (Wildman–Crippen LogP) is 9.41. The minimum Gasteiger partial charge on any atom is 0 e. The number of hydrogen-bond donors (Lipinski definition) is 0. The van der Waals surface area contributed by atoms with Crippen LogP contribution in [0.1, 0.15) is 0 Å². The number of rotatable bonds is 0. The van der Waals surface area contributed by atoms with Crippen LogP contribution in [0, 0.1) is 142 Å². The molecule has 0 aliphatic heterocycles. The molecule has 0 fully saturated rings. The molecule has 0 bridgehead atoms. The van der Waals surface area contributed by atoms with E-state index in [9.17, 15) is 0 Å². The van der Waals surface area contributed by atoms with Crippen LogP contribution in [0.4, 0.5) is 0 Å². The van der Waals surface area contributed by atoms with Crippen LogP contribution in [0.25, 0.3) is 0 Å². The molecule has 34 heteroatoms. The van der Waals surface area contributed by atoms with Crippen molar-refractivity contribution in [2.45, 2.75) is 0 Å². The van der Waals surface area contributed by atoms with E-state index in [1.807, 2.05) is 0 Å². The van der Waals surface area contributed by atoms with Gasteiger partial charge in [-0.05, 0) is 0 Å². The Morgan fingerprint density at radius 1 is 0.261 bits per heavy atom. The van der Waals surface area contributed by atoms with E-state index in [0.717, 1.165) is 0 Å². The number of nitrogens with zero attached hydrogens (tertiary/aromatic N) is 12. The molecule has 0 saturated carbocycles. The first-order valence-electron chi connectivity index (χ1n) is 5.09. The third-order valence-corrected chi connectivity index (χ3v) is 0. The Kier molecular flexibility index (Phi) is 2430. The fourth-order valence-corrected chi connectivity index (χ4v) is 0. The average Bonchev–Trinajstić information content (AvgIpc) is 3.05. The Labute approximate surface area is 413 Å². The molecule has 0 aliphatic carbocycles. The summed E-state index contributed by atoms with van der Waals surface area (Å²) in [5.41, 5.74) is 0. The van der Waals surface area contributed by atoms with Crippen LogP contribution in [-0.2, 0) is 160 Å². The molecule has 0 atom stereocenters. The van der Waals surface area contributed by atoms with Gasteiger partial charge in [0, 0.05) is 58.4 Å². The normalized spacial score (nSPS) is 3.13. The summed E-state index contributed by atoms with van der Waals surface area (Å²) in [6.07, 6.45) is 0. The molecule has 0 aromatic rings. The van der Waals surface area contributed by atoms with Crippen molar-refractivity contribution in [2.24, 2.45) is 0 Å². The molecule has 0 saturated heterocycles. The SMILES string of the molecule is [C-]#N.[C-]#N.[C-]#N.[C-]#N.[C-]#N.[C-]#N.[C-]#N.[C-]#N.[C-]#N.[C-]#N.[C-]#N.[C-]#N.[Cl][Fe]([Cl])[Cl].[Cl][Fe]([Cl])[Cl].[Cl][Zn][Cl].[Cl][Zn][Cl].[Cl][Zn][Cl].[Fe+6].[Fe+6].[Zn].[Zn].[Zn]. The maximum Gasteiger partial charge on any atom is 6.00 e. The summed E-state index contributed by atoms with van der Waals surface area (Å²) < 4.78 is 0. The molecule has 0 N–H and O–H groups in total. The molecule has 12 nitrogen and oxygen atoms in total. The summed E-state index contributed by atoms with van der Waals surface area (Å²) in [4.78, 5) is 0. The smallest absolute Gasteiger partial charge is 0 e. The van der Waals surface area contributed by atoms with Crippen molar-refractivity contribution in [1.29, 1.82) is 63.1 Å². The second kappa shape index (κ2) is 723. The van der Waals surface area contributed by atoms with Crippen molar-refractivity contribution in [1.82, 2.24) is 0 Å². The average molecular weight is 1350 g/mol. The fourth-order valence-electron chi connectivity index (χ4n) is 0. The maximum absolute atomic E-state index is 6.25. The van der Waals surface area contributed by atoms with Crippen molar-refractivity contribution >= 4 is 119 Å². The van der Waals surface area contributed by atoms with E-state index in [-0.39, 0.29) is 92.6 Å². The summed E-state index contributed by atoms with van der Waals surface area (Å²) in [5.74, 6) is 0. The Bertz CT molecular complexity index is 389. The van der Waals surface area contributed by atoms with Crippen LogP contribution in [-0.4, -0.2) is 0 Å². The third-order valence-electron chi connectivity index (χ3n) is 0. The van der Waals surface area contributed by atoms with Gasteiger partial charge >= 0.3 is 221 Å². The molecule has 0 unspecified atom stereocenters. The van der Waals surface area contributed by atoms with Gasteiger partial charge in [-0.2, -0.15) is 0 Å². The van der Waals surface area contributed by atoms with Crippen molar-refractivity contribution < 1.29 is 160 Å². The number of halogens is 12. The minimum atomic E-state index is -1.33. The van der Waals surface area contributed by atoms with Gasteiger partial charge in [0.1, 0.15) is 0 Å². The monoisotopic (exact) mass is 1340 g/mol. The van der Waals surface area contributed by atoms with E-state index < -0.39 is 67.8 Å². The standard InChI is InChI=1S/12CN.12ClH.4Fe.6Zn/c12*1-2;;;;;;;;;;;;;;;;;;;;;;/h;;;;;;;;;;;;12*1H;;;;;;;;;;/q12*-1;;;;;;;;;;;;;2*+3;2*+6;;;;3*+2/p-12. The molecule has 0 aromatic carbocycles. The topological polar surface area (TPSA) is 285 Å². The first kappa shape index (κ1) is 155. The molecule has 46 heavy (non-hydrogen) atoms. The Morgan fingerprint density at radius 2 is 0.261 bits per heavy atom. The van der Waals surface area contributed by atoms with Gasteiger partial charge in [-0.3, -0.25) is 0 Å². The van der Waals surface area contributed by atoms with Gasteiger partial charge in [-0.15, -0.1) is 0 Å². The van der Waals surface area contributed by atoms with Crippen molar-refractivity contribution in [3.8, 4) is 0 Å². The van der Waals surface area contributed by atoms with Crippen molar-refractivity contribution in [3.63, 3.8) is 0 Å². The van der Waals surface area contributed by atoms with Crippen LogP contribution in [0.15, 0.2) is 0 Å².